The summed E-state index contributed by atoms with van der Waals surface area (Å²) >= 11 is 1.47. The molecule has 0 saturated heterocycles. The van der Waals surface area contributed by atoms with Gasteiger partial charge in [-0.3, -0.25) is 9.59 Å². The lowest BCUT2D eigenvalue weighted by Gasteiger charge is -2.31. The number of aliphatic hydroxyl groups is 2. The van der Waals surface area contributed by atoms with Crippen LogP contribution in [0.2, 0.25) is 0 Å². The number of Topliss-reactive ketones (excluding diaryl/α,β-unsaturated/α-hetero) is 1. The Morgan fingerprint density at radius 2 is 1.85 bits per heavy atom. The summed E-state index contributed by atoms with van der Waals surface area (Å²) in [6, 6.07) is 5.98. The van der Waals surface area contributed by atoms with Crippen LogP contribution in [0.3, 0.4) is 0 Å². The molecule has 2 rings (SSSR count). The largest absolute Gasteiger partial charge is 0.469 e. The molecule has 0 aromatic heterocycles. The first-order valence-corrected chi connectivity index (χ1v) is 13.2. The van der Waals surface area contributed by atoms with Crippen molar-refractivity contribution in [3.05, 3.63) is 35.6 Å². The quantitative estimate of drug-likeness (QED) is 0.265. The van der Waals surface area contributed by atoms with Gasteiger partial charge in [0, 0.05) is 29.8 Å². The van der Waals surface area contributed by atoms with Gasteiger partial charge in [0.25, 0.3) is 0 Å². The molecule has 1 saturated carbocycles. The Morgan fingerprint density at radius 3 is 2.52 bits per heavy atom. The molecular weight excluding hydrogens is 443 g/mol. The molecule has 1 aliphatic rings. The van der Waals surface area contributed by atoms with Gasteiger partial charge in [0.15, 0.2) is 0 Å². The third kappa shape index (κ3) is 8.69. The SMILES string of the molecule is CCCCCC(O)(CS[C@H]1C(O)CC(=O)[C@@H]1CCCCCCC(=O)OC)c1ccc(F)cc1. The average molecular weight is 483 g/mol. The summed E-state index contributed by atoms with van der Waals surface area (Å²) in [5.74, 6) is -0.323. The van der Waals surface area contributed by atoms with Crippen molar-refractivity contribution in [2.45, 2.75) is 94.5 Å². The number of ketones is 1. The molecular formula is C26H39FO5S. The highest BCUT2D eigenvalue weighted by Crippen LogP contribution is 2.40. The van der Waals surface area contributed by atoms with Gasteiger partial charge in [-0.25, -0.2) is 4.39 Å². The summed E-state index contributed by atoms with van der Waals surface area (Å²) in [4.78, 5) is 23.7. The minimum absolute atomic E-state index is 0.0888. The second-order valence-electron chi connectivity index (χ2n) is 9.14. The normalized spacial score (nSPS) is 22.3. The number of hydrogen-bond acceptors (Lipinski definition) is 6. The van der Waals surface area contributed by atoms with Gasteiger partial charge in [0.2, 0.25) is 0 Å². The van der Waals surface area contributed by atoms with Crippen molar-refractivity contribution < 1.29 is 28.9 Å². The predicted molar refractivity (Wildman–Crippen MR) is 130 cm³/mol. The van der Waals surface area contributed by atoms with E-state index >= 15 is 0 Å². The molecule has 0 bridgehead atoms. The van der Waals surface area contributed by atoms with E-state index in [0.717, 1.165) is 44.9 Å². The van der Waals surface area contributed by atoms with Crippen LogP contribution < -0.4 is 0 Å². The first-order chi connectivity index (χ1) is 15.8. The Bertz CT molecular complexity index is 741. The number of methoxy groups -OCH3 is 1. The molecule has 186 valence electrons. The van der Waals surface area contributed by atoms with Crippen molar-refractivity contribution in [1.29, 1.82) is 0 Å². The van der Waals surface area contributed by atoms with E-state index < -0.39 is 11.7 Å². The summed E-state index contributed by atoms with van der Waals surface area (Å²) in [5, 5.41) is 21.8. The van der Waals surface area contributed by atoms with Crippen LogP contribution in [0.1, 0.15) is 83.1 Å². The number of carbonyl (C=O) groups is 2. The van der Waals surface area contributed by atoms with Crippen LogP contribution in [-0.2, 0) is 19.9 Å². The van der Waals surface area contributed by atoms with Crippen LogP contribution in [0.25, 0.3) is 0 Å². The van der Waals surface area contributed by atoms with E-state index in [2.05, 4.69) is 11.7 Å². The number of carbonyl (C=O) groups excluding carboxylic acids is 2. The lowest BCUT2D eigenvalue weighted by atomic mass is 9.90. The standard InChI is InChI=1S/C26H39FO5S/c1-3-4-9-16-26(31,19-12-14-20(27)15-13-19)18-33-25-21(22(28)17-23(25)29)10-7-5-6-8-11-24(30)32-2/h12-15,21,23,25,29,31H,3-11,16-18H2,1-2H3/t21-,23?,25+,26?/m0/s1. The summed E-state index contributed by atoms with van der Waals surface area (Å²) in [6.45, 7) is 2.10. The minimum atomic E-state index is -1.13. The number of esters is 1. The van der Waals surface area contributed by atoms with Crippen molar-refractivity contribution in [3.8, 4) is 0 Å². The molecule has 2 N–H and O–H groups in total. The van der Waals surface area contributed by atoms with Gasteiger partial charge < -0.3 is 14.9 Å². The first kappa shape index (κ1) is 27.8. The molecule has 5 nitrogen and oxygen atoms in total. The monoisotopic (exact) mass is 482 g/mol. The van der Waals surface area contributed by atoms with E-state index in [4.69, 9.17) is 0 Å². The number of unbranched alkanes of at least 4 members (excludes halogenated alkanes) is 5. The zero-order valence-electron chi connectivity index (χ0n) is 19.9. The van der Waals surface area contributed by atoms with Crippen molar-refractivity contribution in [3.63, 3.8) is 0 Å². The van der Waals surface area contributed by atoms with Gasteiger partial charge in [-0.05, 0) is 37.0 Å². The lowest BCUT2D eigenvalue weighted by Crippen LogP contribution is -2.32. The van der Waals surface area contributed by atoms with Crippen molar-refractivity contribution in [1.82, 2.24) is 0 Å². The van der Waals surface area contributed by atoms with Crippen LogP contribution >= 0.6 is 11.8 Å². The Hall–Kier alpha value is -1.44. The second kappa shape index (κ2) is 14.1. The smallest absolute Gasteiger partial charge is 0.305 e. The Morgan fingerprint density at radius 1 is 1.15 bits per heavy atom. The van der Waals surface area contributed by atoms with Crippen molar-refractivity contribution in [2.75, 3.05) is 12.9 Å². The third-order valence-electron chi connectivity index (χ3n) is 6.56. The minimum Gasteiger partial charge on any atom is -0.469 e. The molecule has 0 amide bonds. The number of halogens is 1. The number of thioether (sulfide) groups is 1. The van der Waals surface area contributed by atoms with Gasteiger partial charge in [-0.2, -0.15) is 11.8 Å². The van der Waals surface area contributed by atoms with Crippen molar-refractivity contribution in [2.24, 2.45) is 5.92 Å². The second-order valence-corrected chi connectivity index (χ2v) is 10.3. The molecule has 1 aromatic carbocycles. The predicted octanol–water partition coefficient (Wildman–Crippen LogP) is 5.16. The van der Waals surface area contributed by atoms with Gasteiger partial charge in [-0.1, -0.05) is 57.6 Å². The Kier molecular flexibility index (Phi) is 11.9. The third-order valence-corrected chi connectivity index (χ3v) is 8.24. The van der Waals surface area contributed by atoms with Gasteiger partial charge >= 0.3 is 5.97 Å². The maximum Gasteiger partial charge on any atom is 0.305 e. The summed E-state index contributed by atoms with van der Waals surface area (Å²) in [6.07, 6.45) is 7.47. The highest BCUT2D eigenvalue weighted by Gasteiger charge is 2.43. The lowest BCUT2D eigenvalue weighted by molar-refractivity contribution is -0.140. The molecule has 2 unspecified atom stereocenters. The van der Waals surface area contributed by atoms with Crippen LogP contribution in [0, 0.1) is 11.7 Å². The van der Waals surface area contributed by atoms with Gasteiger partial charge in [0.05, 0.1) is 18.8 Å². The summed E-state index contributed by atoms with van der Waals surface area (Å²) in [7, 11) is 1.39. The Labute approximate surface area is 201 Å². The molecule has 1 aromatic rings. The van der Waals surface area contributed by atoms with Gasteiger partial charge in [0.1, 0.15) is 11.6 Å². The van der Waals surface area contributed by atoms with Crippen LogP contribution in [0.15, 0.2) is 24.3 Å². The van der Waals surface area contributed by atoms with E-state index in [1.807, 2.05) is 0 Å². The molecule has 33 heavy (non-hydrogen) atoms. The topological polar surface area (TPSA) is 83.8 Å². The van der Waals surface area contributed by atoms with E-state index in [1.54, 1.807) is 12.1 Å². The molecule has 1 fully saturated rings. The average Bonchev–Trinajstić information content (AvgIpc) is 3.07. The van der Waals surface area contributed by atoms with Gasteiger partial charge in [-0.15, -0.1) is 0 Å². The molecule has 7 heteroatoms. The number of rotatable bonds is 15. The molecule has 0 heterocycles. The van der Waals surface area contributed by atoms with Crippen LogP contribution in [0.5, 0.6) is 0 Å². The molecule has 0 aliphatic heterocycles. The fourth-order valence-electron chi connectivity index (χ4n) is 4.53. The maximum absolute atomic E-state index is 13.4. The van der Waals surface area contributed by atoms with E-state index in [1.165, 1.54) is 31.0 Å². The zero-order chi connectivity index (χ0) is 24.3. The number of benzene rings is 1. The number of hydrogen-bond donors (Lipinski definition) is 2. The molecule has 1 aliphatic carbocycles. The van der Waals surface area contributed by atoms with E-state index in [-0.39, 0.29) is 35.2 Å². The highest BCUT2D eigenvalue weighted by molar-refractivity contribution is 8.00. The summed E-state index contributed by atoms with van der Waals surface area (Å²) in [5.41, 5.74) is -0.453. The van der Waals surface area contributed by atoms with Crippen LogP contribution in [-0.4, -0.2) is 46.2 Å². The Balaban J connectivity index is 1.95. The number of ether oxygens (including phenoxy) is 1. The molecule has 0 radical (unpaired) electrons. The fourth-order valence-corrected chi connectivity index (χ4v) is 6.15. The summed E-state index contributed by atoms with van der Waals surface area (Å²) < 4.78 is 18.1. The highest BCUT2D eigenvalue weighted by atomic mass is 32.2. The molecule has 0 spiro atoms. The zero-order valence-corrected chi connectivity index (χ0v) is 20.7. The van der Waals surface area contributed by atoms with Crippen LogP contribution in [0.4, 0.5) is 4.39 Å². The van der Waals surface area contributed by atoms with E-state index in [9.17, 15) is 24.2 Å². The van der Waals surface area contributed by atoms with Crippen molar-refractivity contribution >= 4 is 23.5 Å². The molecule has 4 atom stereocenters. The van der Waals surface area contributed by atoms with E-state index in [0.29, 0.717) is 30.6 Å². The first-order valence-electron chi connectivity index (χ1n) is 12.2. The maximum atomic E-state index is 13.4. The number of aliphatic hydroxyl groups excluding tert-OH is 1. The fraction of sp³-hybridized carbons (Fsp3) is 0.692.